The van der Waals surface area contributed by atoms with Crippen molar-refractivity contribution in [1.29, 1.82) is 0 Å². The first kappa shape index (κ1) is 23.9. The first-order valence-electron chi connectivity index (χ1n) is 14.2. The Bertz CT molecular complexity index is 838. The number of carbonyl (C=O) groups is 1. The summed E-state index contributed by atoms with van der Waals surface area (Å²) in [6, 6.07) is 0. The number of hydrogen-bond acceptors (Lipinski definition) is 2. The van der Waals surface area contributed by atoms with Crippen molar-refractivity contribution < 1.29 is 9.53 Å². The lowest BCUT2D eigenvalue weighted by molar-refractivity contribution is -0.171. The van der Waals surface area contributed by atoms with Crippen LogP contribution in [-0.4, -0.2) is 12.1 Å². The minimum Gasteiger partial charge on any atom is -0.462 e. The van der Waals surface area contributed by atoms with Gasteiger partial charge < -0.3 is 4.74 Å². The van der Waals surface area contributed by atoms with Crippen LogP contribution in [0.3, 0.4) is 0 Å². The smallest absolute Gasteiger partial charge is 0.302 e. The number of rotatable bonds is 2. The molecule has 2 heteroatoms. The van der Waals surface area contributed by atoms with Gasteiger partial charge in [0.2, 0.25) is 0 Å². The number of fused-ring (bicyclic) bond motifs is 7. The highest BCUT2D eigenvalue weighted by Gasteiger charge is 2.64. The Morgan fingerprint density at radius 3 is 2.36 bits per heavy atom. The molecule has 33 heavy (non-hydrogen) atoms. The molecule has 0 bridgehead atoms. The van der Waals surface area contributed by atoms with Crippen LogP contribution in [0.25, 0.3) is 0 Å². The average Bonchev–Trinajstić information content (AvgIpc) is 3.08. The Hall–Kier alpha value is -0.790. The lowest BCUT2D eigenvalue weighted by Crippen LogP contribution is -2.59. The lowest BCUT2D eigenvalue weighted by atomic mass is 9.39. The third-order valence-corrected chi connectivity index (χ3v) is 12.6. The molecule has 2 nitrogen and oxygen atoms in total. The molecule has 0 N–H and O–H groups in total. The molecule has 0 spiro atoms. The molecular formula is C31H50O2. The quantitative estimate of drug-likeness (QED) is 0.310. The molecule has 0 aromatic carbocycles. The second kappa shape index (κ2) is 7.60. The summed E-state index contributed by atoms with van der Waals surface area (Å²) in [5.74, 6) is 4.76. The number of esters is 1. The van der Waals surface area contributed by atoms with Gasteiger partial charge in [0.25, 0.3) is 0 Å². The van der Waals surface area contributed by atoms with E-state index in [1.165, 1.54) is 51.4 Å². The molecule has 5 aliphatic rings. The molecule has 5 aliphatic carbocycles. The minimum absolute atomic E-state index is 0.0432. The van der Waals surface area contributed by atoms with Crippen LogP contribution in [0.15, 0.2) is 11.6 Å². The van der Waals surface area contributed by atoms with Crippen LogP contribution in [0.1, 0.15) is 113 Å². The molecule has 9 unspecified atom stereocenters. The van der Waals surface area contributed by atoms with Gasteiger partial charge in [-0.15, -0.1) is 0 Å². The number of carbonyl (C=O) groups excluding carboxylic acids is 1. The number of hydrogen-bond donors (Lipinski definition) is 0. The predicted molar refractivity (Wildman–Crippen MR) is 136 cm³/mol. The molecular weight excluding hydrogens is 404 g/mol. The van der Waals surface area contributed by atoms with E-state index in [2.05, 4.69) is 54.5 Å². The van der Waals surface area contributed by atoms with Crippen molar-refractivity contribution in [2.75, 3.05) is 0 Å². The van der Waals surface area contributed by atoms with Gasteiger partial charge in [0.1, 0.15) is 6.10 Å². The van der Waals surface area contributed by atoms with E-state index in [9.17, 15) is 4.79 Å². The van der Waals surface area contributed by atoms with Crippen molar-refractivity contribution in [3.63, 3.8) is 0 Å². The van der Waals surface area contributed by atoms with E-state index < -0.39 is 0 Å². The fraction of sp³-hybridized carbons (Fsp3) is 0.903. The van der Waals surface area contributed by atoms with Crippen LogP contribution in [-0.2, 0) is 9.53 Å². The van der Waals surface area contributed by atoms with Crippen LogP contribution in [0.4, 0.5) is 0 Å². The van der Waals surface area contributed by atoms with Crippen LogP contribution in [0.5, 0.6) is 0 Å². The first-order chi connectivity index (χ1) is 15.3. The molecule has 0 saturated heterocycles. The van der Waals surface area contributed by atoms with Crippen LogP contribution >= 0.6 is 0 Å². The summed E-state index contributed by atoms with van der Waals surface area (Å²) in [4.78, 5) is 11.8. The zero-order valence-electron chi connectivity index (χ0n) is 22.8. The Morgan fingerprint density at radius 2 is 1.70 bits per heavy atom. The molecule has 0 amide bonds. The summed E-state index contributed by atoms with van der Waals surface area (Å²) >= 11 is 0. The van der Waals surface area contributed by atoms with Crippen LogP contribution in [0, 0.1) is 57.2 Å². The van der Waals surface area contributed by atoms with Gasteiger partial charge in [-0.3, -0.25) is 4.79 Å². The zero-order valence-corrected chi connectivity index (χ0v) is 22.8. The molecule has 0 heterocycles. The van der Waals surface area contributed by atoms with Gasteiger partial charge in [0.15, 0.2) is 0 Å². The van der Waals surface area contributed by atoms with Gasteiger partial charge in [-0.2, -0.15) is 0 Å². The fourth-order valence-electron chi connectivity index (χ4n) is 10.9. The molecule has 4 fully saturated rings. The molecule has 0 aliphatic heterocycles. The van der Waals surface area contributed by atoms with Gasteiger partial charge in [-0.05, 0) is 110 Å². The highest BCUT2D eigenvalue weighted by atomic mass is 16.5. The van der Waals surface area contributed by atoms with Crippen molar-refractivity contribution in [1.82, 2.24) is 0 Å². The predicted octanol–water partition coefficient (Wildman–Crippen LogP) is 8.21. The molecule has 9 atom stereocenters. The number of ether oxygens (including phenoxy) is 1. The monoisotopic (exact) mass is 454 g/mol. The molecule has 186 valence electrons. The summed E-state index contributed by atoms with van der Waals surface area (Å²) < 4.78 is 5.88. The second-order valence-corrected chi connectivity index (χ2v) is 14.7. The van der Waals surface area contributed by atoms with Crippen molar-refractivity contribution in [3.8, 4) is 0 Å². The van der Waals surface area contributed by atoms with Gasteiger partial charge >= 0.3 is 5.97 Å². The van der Waals surface area contributed by atoms with Gasteiger partial charge in [0, 0.05) is 12.3 Å². The molecule has 0 aromatic rings. The standard InChI is InChI=1S/C31H50O2/c1-19(2)21-13-15-29(6)17-18-30(7)22-11-12-25-28(4,5)26(33-20(3)32)14-16-31(25,8)23(22)9-10-24(30)27(21)29/h9,19,21-22,24-27H,10-18H2,1-8H3. The van der Waals surface area contributed by atoms with E-state index in [1.54, 1.807) is 6.92 Å². The summed E-state index contributed by atoms with van der Waals surface area (Å²) in [6.07, 6.45) is 14.8. The average molecular weight is 455 g/mol. The maximum atomic E-state index is 11.8. The van der Waals surface area contributed by atoms with E-state index in [-0.39, 0.29) is 22.9 Å². The van der Waals surface area contributed by atoms with Gasteiger partial charge in [0.05, 0.1) is 0 Å². The first-order valence-corrected chi connectivity index (χ1v) is 14.2. The van der Waals surface area contributed by atoms with Crippen LogP contribution < -0.4 is 0 Å². The maximum absolute atomic E-state index is 11.8. The molecule has 0 radical (unpaired) electrons. The zero-order chi connectivity index (χ0) is 24.0. The maximum Gasteiger partial charge on any atom is 0.302 e. The Balaban J connectivity index is 1.50. The molecule has 5 rings (SSSR count). The van der Waals surface area contributed by atoms with Crippen molar-refractivity contribution in [2.24, 2.45) is 57.2 Å². The highest BCUT2D eigenvalue weighted by Crippen LogP contribution is 2.72. The summed E-state index contributed by atoms with van der Waals surface area (Å²) in [5, 5.41) is 0. The van der Waals surface area contributed by atoms with E-state index in [4.69, 9.17) is 4.74 Å². The fourth-order valence-corrected chi connectivity index (χ4v) is 10.9. The van der Waals surface area contributed by atoms with Crippen molar-refractivity contribution in [2.45, 2.75) is 119 Å². The van der Waals surface area contributed by atoms with Crippen LogP contribution in [0.2, 0.25) is 0 Å². The molecule has 4 saturated carbocycles. The van der Waals surface area contributed by atoms with Gasteiger partial charge in [-0.25, -0.2) is 0 Å². The minimum atomic E-state index is -0.112. The molecule has 0 aromatic heterocycles. The van der Waals surface area contributed by atoms with E-state index >= 15 is 0 Å². The summed E-state index contributed by atoms with van der Waals surface area (Å²) in [6.45, 7) is 19.3. The Labute approximate surface area is 203 Å². The lowest BCUT2D eigenvalue weighted by Gasteiger charge is -2.65. The van der Waals surface area contributed by atoms with Crippen molar-refractivity contribution in [3.05, 3.63) is 11.6 Å². The highest BCUT2D eigenvalue weighted by molar-refractivity contribution is 5.66. The van der Waals surface area contributed by atoms with E-state index in [1.807, 2.05) is 5.57 Å². The Kier molecular flexibility index (Phi) is 5.51. The van der Waals surface area contributed by atoms with Crippen molar-refractivity contribution >= 4 is 5.97 Å². The third-order valence-electron chi connectivity index (χ3n) is 12.6. The Morgan fingerprint density at radius 1 is 0.970 bits per heavy atom. The second-order valence-electron chi connectivity index (χ2n) is 14.7. The topological polar surface area (TPSA) is 26.3 Å². The van der Waals surface area contributed by atoms with E-state index in [0.717, 1.165) is 36.0 Å². The van der Waals surface area contributed by atoms with E-state index in [0.29, 0.717) is 16.7 Å². The normalized spacial score (nSPS) is 50.5. The third kappa shape index (κ3) is 3.27. The SMILES string of the molecule is CC(=O)OC1CCC2(C)C3=CCC4C5C(C(C)C)CCC5(C)CCC4(C)C3CCC2C1(C)C. The largest absolute Gasteiger partial charge is 0.462 e. The number of allylic oxidation sites excluding steroid dienone is 2. The summed E-state index contributed by atoms with van der Waals surface area (Å²) in [7, 11) is 0. The summed E-state index contributed by atoms with van der Waals surface area (Å²) in [5.41, 5.74) is 3.17. The van der Waals surface area contributed by atoms with Gasteiger partial charge in [-0.1, -0.05) is 60.1 Å².